The molecule has 0 unspecified atom stereocenters. The van der Waals surface area contributed by atoms with Gasteiger partial charge in [-0.1, -0.05) is 72.5 Å². The topological polar surface area (TPSA) is 9.23 Å². The average molecular weight is 361 g/mol. The Hall–Kier alpha value is -1.28. The Kier molecular flexibility index (Phi) is 6.50. The molecule has 0 saturated heterocycles. The zero-order chi connectivity index (χ0) is 15.9. The molecule has 2 heteroatoms. The van der Waals surface area contributed by atoms with Crippen LogP contribution in [0.2, 0.25) is 0 Å². The van der Waals surface area contributed by atoms with Gasteiger partial charge >= 0.3 is 0 Å². The van der Waals surface area contributed by atoms with Crippen LogP contribution < -0.4 is 0 Å². The number of halogens is 1. The van der Waals surface area contributed by atoms with E-state index in [0.717, 1.165) is 35.9 Å². The summed E-state index contributed by atoms with van der Waals surface area (Å²) in [5, 5.41) is 0. The second-order valence-electron chi connectivity index (χ2n) is 5.71. The first-order chi connectivity index (χ1) is 10.7. The molecule has 0 saturated carbocycles. The first-order valence-corrected chi connectivity index (χ1v) is 8.90. The first kappa shape index (κ1) is 17.1. The van der Waals surface area contributed by atoms with Crippen LogP contribution in [0, 0.1) is 0 Å². The summed E-state index contributed by atoms with van der Waals surface area (Å²) in [6.07, 6.45) is 11.3. The maximum absolute atomic E-state index is 5.60. The minimum absolute atomic E-state index is 0.274. The van der Waals surface area contributed by atoms with Crippen LogP contribution >= 0.6 is 15.9 Å². The number of hydrogen-bond acceptors (Lipinski definition) is 1. The summed E-state index contributed by atoms with van der Waals surface area (Å²) in [7, 11) is 1.76. The third-order valence-electron chi connectivity index (χ3n) is 3.98. The van der Waals surface area contributed by atoms with Crippen LogP contribution in [0.5, 0.6) is 0 Å². The lowest BCUT2D eigenvalue weighted by Gasteiger charge is -2.19. The molecule has 0 heterocycles. The van der Waals surface area contributed by atoms with Gasteiger partial charge in [0.25, 0.3) is 0 Å². The molecule has 118 valence electrons. The molecular weight excluding hydrogens is 336 g/mol. The van der Waals surface area contributed by atoms with Crippen LogP contribution in [0.15, 0.2) is 63.9 Å². The summed E-state index contributed by atoms with van der Waals surface area (Å²) < 4.78 is 6.76. The largest absolute Gasteiger partial charge is 0.497 e. The van der Waals surface area contributed by atoms with Crippen molar-refractivity contribution in [3.05, 3.63) is 69.4 Å². The van der Waals surface area contributed by atoms with E-state index in [-0.39, 0.29) is 5.92 Å². The van der Waals surface area contributed by atoms with Gasteiger partial charge in [-0.15, -0.1) is 0 Å². The van der Waals surface area contributed by atoms with Gasteiger partial charge in [0.05, 0.1) is 7.11 Å². The van der Waals surface area contributed by atoms with E-state index >= 15 is 0 Å². The summed E-state index contributed by atoms with van der Waals surface area (Å²) in [4.78, 5) is 0. The van der Waals surface area contributed by atoms with Gasteiger partial charge in [-0.25, -0.2) is 0 Å². The second-order valence-corrected chi connectivity index (χ2v) is 6.57. The third kappa shape index (κ3) is 4.13. The normalized spacial score (nSPS) is 18.2. The van der Waals surface area contributed by atoms with Crippen molar-refractivity contribution in [1.82, 2.24) is 0 Å². The molecule has 0 amide bonds. The molecule has 22 heavy (non-hydrogen) atoms. The molecule has 1 aromatic rings. The summed E-state index contributed by atoms with van der Waals surface area (Å²) in [6, 6.07) is 8.49. The maximum Gasteiger partial charge on any atom is 0.116 e. The monoisotopic (exact) mass is 360 g/mol. The molecule has 0 aromatic heterocycles. The van der Waals surface area contributed by atoms with Crippen molar-refractivity contribution in [2.45, 2.75) is 45.4 Å². The SMILES string of the molecule is CCCC1=CC(OC)=C[C@@H](c2ccccc2Br)C(CCC)=C1. The van der Waals surface area contributed by atoms with Crippen LogP contribution in [-0.2, 0) is 4.74 Å². The number of methoxy groups -OCH3 is 1. The van der Waals surface area contributed by atoms with Gasteiger partial charge in [0.15, 0.2) is 0 Å². The van der Waals surface area contributed by atoms with Gasteiger partial charge in [0.1, 0.15) is 5.76 Å². The zero-order valence-corrected chi connectivity index (χ0v) is 15.3. The Bertz CT molecular complexity index is 595. The van der Waals surface area contributed by atoms with Gasteiger partial charge in [0, 0.05) is 10.4 Å². The van der Waals surface area contributed by atoms with Crippen molar-refractivity contribution < 1.29 is 4.74 Å². The molecule has 1 aliphatic rings. The maximum atomic E-state index is 5.60. The summed E-state index contributed by atoms with van der Waals surface area (Å²) in [5.41, 5.74) is 4.15. The fourth-order valence-corrected chi connectivity index (χ4v) is 3.50. The van der Waals surface area contributed by atoms with Crippen molar-refractivity contribution in [3.63, 3.8) is 0 Å². The van der Waals surface area contributed by atoms with Crippen LogP contribution in [-0.4, -0.2) is 7.11 Å². The second kappa shape index (κ2) is 8.38. The van der Waals surface area contributed by atoms with Gasteiger partial charge in [-0.2, -0.15) is 0 Å². The van der Waals surface area contributed by atoms with E-state index in [1.807, 2.05) is 0 Å². The smallest absolute Gasteiger partial charge is 0.116 e. The van der Waals surface area contributed by atoms with Crippen LogP contribution in [0.25, 0.3) is 0 Å². The van der Waals surface area contributed by atoms with Crippen LogP contribution in [0.4, 0.5) is 0 Å². The van der Waals surface area contributed by atoms with E-state index in [4.69, 9.17) is 4.74 Å². The van der Waals surface area contributed by atoms with E-state index < -0.39 is 0 Å². The predicted octanol–water partition coefficient (Wildman–Crippen LogP) is 6.53. The van der Waals surface area contributed by atoms with E-state index in [1.54, 1.807) is 7.11 Å². The Morgan fingerprint density at radius 3 is 2.41 bits per heavy atom. The lowest BCUT2D eigenvalue weighted by molar-refractivity contribution is 0.304. The molecule has 2 rings (SSSR count). The number of allylic oxidation sites excluding steroid dienone is 5. The molecule has 0 N–H and O–H groups in total. The predicted molar refractivity (Wildman–Crippen MR) is 98.0 cm³/mol. The highest BCUT2D eigenvalue weighted by Gasteiger charge is 2.20. The van der Waals surface area contributed by atoms with Gasteiger partial charge in [-0.3, -0.25) is 0 Å². The third-order valence-corrected chi connectivity index (χ3v) is 4.70. The molecular formula is C20H25BrO. The molecule has 1 atom stereocenters. The van der Waals surface area contributed by atoms with Crippen molar-refractivity contribution >= 4 is 15.9 Å². The Morgan fingerprint density at radius 1 is 1.05 bits per heavy atom. The fourth-order valence-electron chi connectivity index (χ4n) is 2.96. The zero-order valence-electron chi connectivity index (χ0n) is 13.7. The number of rotatable bonds is 6. The van der Waals surface area contributed by atoms with E-state index in [2.05, 4.69) is 72.3 Å². The van der Waals surface area contributed by atoms with Crippen LogP contribution in [0.3, 0.4) is 0 Å². The first-order valence-electron chi connectivity index (χ1n) is 8.10. The van der Waals surface area contributed by atoms with Gasteiger partial charge < -0.3 is 4.74 Å². The molecule has 1 aliphatic carbocycles. The number of hydrogen-bond donors (Lipinski definition) is 0. The molecule has 1 aromatic carbocycles. The van der Waals surface area contributed by atoms with Crippen molar-refractivity contribution in [1.29, 1.82) is 0 Å². The summed E-state index contributed by atoms with van der Waals surface area (Å²) in [5.74, 6) is 1.24. The van der Waals surface area contributed by atoms with Crippen molar-refractivity contribution in [2.24, 2.45) is 0 Å². The Labute approximate surface area is 142 Å². The Balaban J connectivity index is 2.50. The molecule has 0 spiro atoms. The van der Waals surface area contributed by atoms with Gasteiger partial charge in [-0.05, 0) is 42.2 Å². The van der Waals surface area contributed by atoms with Gasteiger partial charge in [0.2, 0.25) is 0 Å². The summed E-state index contributed by atoms with van der Waals surface area (Å²) in [6.45, 7) is 4.47. The quantitative estimate of drug-likeness (QED) is 0.560. The molecule has 0 radical (unpaired) electrons. The van der Waals surface area contributed by atoms with Crippen molar-refractivity contribution in [2.75, 3.05) is 7.11 Å². The minimum Gasteiger partial charge on any atom is -0.497 e. The highest BCUT2D eigenvalue weighted by atomic mass is 79.9. The van der Waals surface area contributed by atoms with E-state index in [0.29, 0.717) is 0 Å². The highest BCUT2D eigenvalue weighted by molar-refractivity contribution is 9.10. The molecule has 1 nitrogen and oxygen atoms in total. The molecule has 0 aliphatic heterocycles. The Morgan fingerprint density at radius 2 is 1.77 bits per heavy atom. The fraction of sp³-hybridized carbons (Fsp3) is 0.400. The number of ether oxygens (including phenoxy) is 1. The lowest BCUT2D eigenvalue weighted by atomic mass is 9.87. The standard InChI is InChI=1S/C20H25BrO/c1-4-8-15-12-16(9-5-2)19(14-17(13-15)22-3)18-10-6-7-11-20(18)21/h6-7,10-14,19H,4-5,8-9H2,1-3H3/t19-/m1/s1. The highest BCUT2D eigenvalue weighted by Crippen LogP contribution is 2.37. The average Bonchev–Trinajstić information content (AvgIpc) is 2.68. The summed E-state index contributed by atoms with van der Waals surface area (Å²) >= 11 is 3.71. The minimum atomic E-state index is 0.274. The van der Waals surface area contributed by atoms with Crippen LogP contribution in [0.1, 0.15) is 51.0 Å². The molecule has 0 bridgehead atoms. The lowest BCUT2D eigenvalue weighted by Crippen LogP contribution is -2.02. The van der Waals surface area contributed by atoms with Crippen molar-refractivity contribution in [3.8, 4) is 0 Å². The van der Waals surface area contributed by atoms with E-state index in [9.17, 15) is 0 Å². The molecule has 0 fully saturated rings. The number of benzene rings is 1. The van der Waals surface area contributed by atoms with E-state index in [1.165, 1.54) is 16.7 Å².